The number of carbonyl (C=O) groups is 3. The molecule has 0 saturated carbocycles. The Morgan fingerprint density at radius 1 is 0.964 bits per heavy atom. The van der Waals surface area contributed by atoms with Crippen molar-refractivity contribution in [1.82, 2.24) is 10.2 Å². The normalized spacial score (nSPS) is 17.6. The molecule has 2 N–H and O–H groups in total. The zero-order valence-electron chi connectivity index (χ0n) is 15.3. The van der Waals surface area contributed by atoms with Gasteiger partial charge >= 0.3 is 5.97 Å². The first-order valence-electron chi connectivity index (χ1n) is 9.30. The van der Waals surface area contributed by atoms with Gasteiger partial charge in [-0.25, -0.2) is 4.79 Å². The SMILES string of the molecule is O=C(O)[C@H](Cc1ccc(N2CCNCC2)cc1)N1C(=O)c2ccccc2C1=O. The third kappa shape index (κ3) is 3.25. The van der Waals surface area contributed by atoms with Crippen LogP contribution in [0.3, 0.4) is 0 Å². The molecule has 0 aliphatic carbocycles. The van der Waals surface area contributed by atoms with E-state index >= 15 is 0 Å². The number of anilines is 1. The summed E-state index contributed by atoms with van der Waals surface area (Å²) in [6.45, 7) is 3.71. The number of rotatable bonds is 5. The Labute approximate surface area is 162 Å². The van der Waals surface area contributed by atoms with Gasteiger partial charge in [0.25, 0.3) is 11.8 Å². The van der Waals surface area contributed by atoms with E-state index in [0.29, 0.717) is 0 Å². The monoisotopic (exact) mass is 379 g/mol. The number of imide groups is 1. The zero-order chi connectivity index (χ0) is 19.7. The summed E-state index contributed by atoms with van der Waals surface area (Å²) in [5, 5.41) is 13.0. The van der Waals surface area contributed by atoms with Gasteiger partial charge in [-0.05, 0) is 29.8 Å². The number of nitrogens with zero attached hydrogens (tertiary/aromatic N) is 2. The van der Waals surface area contributed by atoms with Crippen LogP contribution in [0.15, 0.2) is 48.5 Å². The zero-order valence-corrected chi connectivity index (χ0v) is 15.3. The molecule has 0 radical (unpaired) electrons. The number of hydrogen-bond acceptors (Lipinski definition) is 5. The smallest absolute Gasteiger partial charge is 0.327 e. The Balaban J connectivity index is 1.54. The minimum absolute atomic E-state index is 0.0721. The number of nitrogens with one attached hydrogen (secondary N) is 1. The molecule has 144 valence electrons. The Kier molecular flexibility index (Phi) is 4.83. The number of hydrogen-bond donors (Lipinski definition) is 2. The van der Waals surface area contributed by atoms with Crippen molar-refractivity contribution in [3.05, 3.63) is 65.2 Å². The fourth-order valence-electron chi connectivity index (χ4n) is 3.77. The molecule has 0 aromatic heterocycles. The summed E-state index contributed by atoms with van der Waals surface area (Å²) in [6.07, 6.45) is 0.0721. The Hall–Kier alpha value is -3.19. The van der Waals surface area contributed by atoms with Gasteiger partial charge in [0, 0.05) is 38.3 Å². The van der Waals surface area contributed by atoms with Crippen molar-refractivity contribution in [1.29, 1.82) is 0 Å². The van der Waals surface area contributed by atoms with Gasteiger partial charge < -0.3 is 15.3 Å². The predicted octanol–water partition coefficient (Wildman–Crippen LogP) is 1.39. The topological polar surface area (TPSA) is 89.9 Å². The fourth-order valence-corrected chi connectivity index (χ4v) is 3.77. The lowest BCUT2D eigenvalue weighted by Crippen LogP contribution is -2.46. The molecular formula is C21H21N3O4. The van der Waals surface area contributed by atoms with Crippen molar-refractivity contribution in [2.24, 2.45) is 0 Å². The van der Waals surface area contributed by atoms with Crippen molar-refractivity contribution >= 4 is 23.5 Å². The van der Waals surface area contributed by atoms with E-state index in [-0.39, 0.29) is 17.5 Å². The van der Waals surface area contributed by atoms with E-state index in [1.54, 1.807) is 24.3 Å². The van der Waals surface area contributed by atoms with Crippen LogP contribution in [-0.4, -0.2) is 60.0 Å². The van der Waals surface area contributed by atoms with Gasteiger partial charge in [0.1, 0.15) is 6.04 Å². The molecule has 1 saturated heterocycles. The molecule has 2 aliphatic rings. The van der Waals surface area contributed by atoms with Gasteiger partial charge in [-0.2, -0.15) is 0 Å². The molecule has 2 amide bonds. The quantitative estimate of drug-likeness (QED) is 0.763. The highest BCUT2D eigenvalue weighted by molar-refractivity contribution is 6.22. The van der Waals surface area contributed by atoms with E-state index < -0.39 is 23.8 Å². The Morgan fingerprint density at radius 3 is 2.07 bits per heavy atom. The number of fused-ring (bicyclic) bond motifs is 1. The van der Waals surface area contributed by atoms with Gasteiger partial charge in [0.2, 0.25) is 0 Å². The van der Waals surface area contributed by atoms with Gasteiger partial charge in [-0.15, -0.1) is 0 Å². The number of benzene rings is 2. The van der Waals surface area contributed by atoms with Crippen molar-refractivity contribution in [3.63, 3.8) is 0 Å². The molecule has 2 aromatic rings. The fraction of sp³-hybridized carbons (Fsp3) is 0.286. The second-order valence-electron chi connectivity index (χ2n) is 6.99. The van der Waals surface area contributed by atoms with Crippen LogP contribution in [0.5, 0.6) is 0 Å². The maximum absolute atomic E-state index is 12.6. The molecule has 7 nitrogen and oxygen atoms in total. The lowest BCUT2D eigenvalue weighted by atomic mass is 10.0. The lowest BCUT2D eigenvalue weighted by Gasteiger charge is -2.29. The first-order valence-corrected chi connectivity index (χ1v) is 9.30. The van der Waals surface area contributed by atoms with E-state index in [1.807, 2.05) is 24.3 Å². The summed E-state index contributed by atoms with van der Waals surface area (Å²) in [7, 11) is 0. The van der Waals surface area contributed by atoms with Crippen LogP contribution in [0.1, 0.15) is 26.3 Å². The van der Waals surface area contributed by atoms with Crippen LogP contribution >= 0.6 is 0 Å². The molecule has 2 aliphatic heterocycles. The lowest BCUT2D eigenvalue weighted by molar-refractivity contribution is -0.141. The summed E-state index contributed by atoms with van der Waals surface area (Å²) < 4.78 is 0. The maximum Gasteiger partial charge on any atom is 0.327 e. The molecule has 1 fully saturated rings. The molecule has 1 atom stereocenters. The summed E-state index contributed by atoms with van der Waals surface area (Å²) >= 11 is 0. The standard InChI is InChI=1S/C21H21N3O4/c25-19-16-3-1-2-4-17(16)20(26)24(19)18(21(27)28)13-14-5-7-15(8-6-14)23-11-9-22-10-12-23/h1-8,18,22H,9-13H2,(H,27,28)/t18-/m0/s1. The van der Waals surface area contributed by atoms with E-state index in [4.69, 9.17) is 0 Å². The first kappa shape index (κ1) is 18.2. The van der Waals surface area contributed by atoms with Crippen LogP contribution in [0.25, 0.3) is 0 Å². The van der Waals surface area contributed by atoms with Gasteiger partial charge in [0.15, 0.2) is 0 Å². The molecule has 4 rings (SSSR count). The third-order valence-electron chi connectivity index (χ3n) is 5.27. The Bertz CT molecular complexity index is 885. The van der Waals surface area contributed by atoms with Crippen LogP contribution in [0.2, 0.25) is 0 Å². The van der Waals surface area contributed by atoms with E-state index in [0.717, 1.165) is 42.3 Å². The second kappa shape index (κ2) is 7.44. The minimum atomic E-state index is -1.24. The molecule has 0 unspecified atom stereocenters. The maximum atomic E-state index is 12.6. The largest absolute Gasteiger partial charge is 0.480 e. The minimum Gasteiger partial charge on any atom is -0.480 e. The molecule has 7 heteroatoms. The highest BCUT2D eigenvalue weighted by Gasteiger charge is 2.42. The van der Waals surface area contributed by atoms with Crippen LogP contribution in [0, 0.1) is 0 Å². The molecule has 0 bridgehead atoms. The molecule has 0 spiro atoms. The molecular weight excluding hydrogens is 358 g/mol. The molecule has 28 heavy (non-hydrogen) atoms. The van der Waals surface area contributed by atoms with Crippen LogP contribution in [0.4, 0.5) is 5.69 Å². The highest BCUT2D eigenvalue weighted by Crippen LogP contribution is 2.26. The number of aliphatic carboxylic acids is 1. The number of carbonyl (C=O) groups excluding carboxylic acids is 2. The summed E-state index contributed by atoms with van der Waals surface area (Å²) in [6, 6.07) is 12.8. The van der Waals surface area contributed by atoms with E-state index in [2.05, 4.69) is 10.2 Å². The van der Waals surface area contributed by atoms with Crippen LogP contribution in [-0.2, 0) is 11.2 Å². The highest BCUT2D eigenvalue weighted by atomic mass is 16.4. The van der Waals surface area contributed by atoms with Gasteiger partial charge in [-0.3, -0.25) is 14.5 Å². The van der Waals surface area contributed by atoms with Crippen LogP contribution < -0.4 is 10.2 Å². The predicted molar refractivity (Wildman–Crippen MR) is 104 cm³/mol. The first-order chi connectivity index (χ1) is 13.6. The van der Waals surface area contributed by atoms with Crippen molar-refractivity contribution in [3.8, 4) is 0 Å². The average Bonchev–Trinajstić information content (AvgIpc) is 2.98. The number of piperazine rings is 1. The third-order valence-corrected chi connectivity index (χ3v) is 5.27. The van der Waals surface area contributed by atoms with Crippen molar-refractivity contribution in [2.75, 3.05) is 31.1 Å². The molecule has 2 aromatic carbocycles. The van der Waals surface area contributed by atoms with E-state index in [9.17, 15) is 19.5 Å². The average molecular weight is 379 g/mol. The van der Waals surface area contributed by atoms with Gasteiger partial charge in [0.05, 0.1) is 11.1 Å². The number of amides is 2. The number of carboxylic acid groups (broad SMARTS) is 1. The Morgan fingerprint density at radius 2 is 1.54 bits per heavy atom. The molecule has 2 heterocycles. The van der Waals surface area contributed by atoms with E-state index in [1.165, 1.54) is 0 Å². The van der Waals surface area contributed by atoms with Crippen molar-refractivity contribution in [2.45, 2.75) is 12.5 Å². The van der Waals surface area contributed by atoms with Crippen molar-refractivity contribution < 1.29 is 19.5 Å². The second-order valence-corrected chi connectivity index (χ2v) is 6.99. The summed E-state index contributed by atoms with van der Waals surface area (Å²) in [4.78, 5) is 40.3. The summed E-state index contributed by atoms with van der Waals surface area (Å²) in [5.74, 6) is -2.29. The number of carboxylic acids is 1. The van der Waals surface area contributed by atoms with Gasteiger partial charge in [-0.1, -0.05) is 24.3 Å². The summed E-state index contributed by atoms with van der Waals surface area (Å²) in [5.41, 5.74) is 2.36.